The van der Waals surface area contributed by atoms with Gasteiger partial charge in [0.25, 0.3) is 5.91 Å². The molecule has 6 heteroatoms. The van der Waals surface area contributed by atoms with Gasteiger partial charge < -0.3 is 14.5 Å². The zero-order valence-electron chi connectivity index (χ0n) is 14.8. The highest BCUT2D eigenvalue weighted by atomic mass is 79.9. The normalized spacial score (nSPS) is 13.3. The Hall–Kier alpha value is -2.34. The molecular weight excluding hydrogens is 398 g/mol. The molecule has 5 nitrogen and oxygen atoms in total. The van der Waals surface area contributed by atoms with Crippen LogP contribution in [0.15, 0.2) is 57.6 Å². The van der Waals surface area contributed by atoms with E-state index in [2.05, 4.69) is 28.2 Å². The Morgan fingerprint density at radius 2 is 1.96 bits per heavy atom. The smallest absolute Gasteiger partial charge is 0.331 e. The lowest BCUT2D eigenvalue weighted by Gasteiger charge is -2.18. The molecule has 0 aliphatic carbocycles. The van der Waals surface area contributed by atoms with Crippen molar-refractivity contribution in [3.05, 3.63) is 64.5 Å². The van der Waals surface area contributed by atoms with Crippen LogP contribution in [-0.4, -0.2) is 24.5 Å². The summed E-state index contributed by atoms with van der Waals surface area (Å²) in [4.78, 5) is 24.0. The lowest BCUT2D eigenvalue weighted by molar-refractivity contribution is -0.150. The predicted molar refractivity (Wildman–Crippen MR) is 103 cm³/mol. The average molecular weight is 420 g/mol. The van der Waals surface area contributed by atoms with Gasteiger partial charge in [0.2, 0.25) is 0 Å². The van der Waals surface area contributed by atoms with Crippen LogP contribution in [0.2, 0.25) is 0 Å². The van der Waals surface area contributed by atoms with Gasteiger partial charge in [-0.15, -0.1) is 0 Å². The molecule has 0 aliphatic heterocycles. The number of hydrogen-bond donors (Lipinski definition) is 1. The summed E-state index contributed by atoms with van der Waals surface area (Å²) >= 11 is 3.18. The molecule has 1 N–H and O–H groups in total. The van der Waals surface area contributed by atoms with Gasteiger partial charge in [-0.1, -0.05) is 37.3 Å². The summed E-state index contributed by atoms with van der Waals surface area (Å²) in [6.07, 6.45) is 2.75. The van der Waals surface area contributed by atoms with Crippen molar-refractivity contribution in [3.63, 3.8) is 0 Å². The summed E-state index contributed by atoms with van der Waals surface area (Å²) in [5.41, 5.74) is 1.17. The van der Waals surface area contributed by atoms with Gasteiger partial charge in [0.15, 0.2) is 10.8 Å². The van der Waals surface area contributed by atoms with Crippen LogP contribution in [0, 0.1) is 0 Å². The average Bonchev–Trinajstić information content (AvgIpc) is 3.06. The predicted octanol–water partition coefficient (Wildman–Crippen LogP) is 4.30. The number of ether oxygens (including phenoxy) is 1. The van der Waals surface area contributed by atoms with E-state index < -0.39 is 12.1 Å². The first-order chi connectivity index (χ1) is 12.5. The molecule has 0 radical (unpaired) electrons. The first-order valence-electron chi connectivity index (χ1n) is 8.46. The SMILES string of the molecule is CC[C@H](CNC(=O)[C@H](C)OC(=O)/C=C/c1ccc(Br)o1)c1ccccc1. The second-order valence-corrected chi connectivity index (χ2v) is 6.60. The van der Waals surface area contributed by atoms with Crippen molar-refractivity contribution >= 4 is 33.9 Å². The van der Waals surface area contributed by atoms with E-state index in [1.165, 1.54) is 17.7 Å². The van der Waals surface area contributed by atoms with Crippen molar-refractivity contribution in [1.82, 2.24) is 5.32 Å². The number of amides is 1. The third kappa shape index (κ3) is 6.19. The van der Waals surface area contributed by atoms with E-state index in [0.717, 1.165) is 6.42 Å². The highest BCUT2D eigenvalue weighted by Gasteiger charge is 2.18. The number of esters is 1. The standard InChI is InChI=1S/C20H22BrNO4/c1-3-15(16-7-5-4-6-8-16)13-22-20(24)14(2)25-19(23)12-10-17-9-11-18(21)26-17/h4-12,14-15H,3,13H2,1-2H3,(H,22,24)/b12-10+/t14-,15+/m0/s1. The van der Waals surface area contributed by atoms with Gasteiger partial charge in [-0.3, -0.25) is 4.79 Å². The fourth-order valence-electron chi connectivity index (χ4n) is 2.43. The highest BCUT2D eigenvalue weighted by Crippen LogP contribution is 2.18. The van der Waals surface area contributed by atoms with Crippen molar-refractivity contribution in [2.24, 2.45) is 0 Å². The Balaban J connectivity index is 1.81. The van der Waals surface area contributed by atoms with Crippen molar-refractivity contribution < 1.29 is 18.7 Å². The van der Waals surface area contributed by atoms with Gasteiger partial charge in [0, 0.05) is 18.5 Å². The Labute approximate surface area is 161 Å². The molecule has 1 aromatic carbocycles. The Kier molecular flexibility index (Phi) is 7.66. The van der Waals surface area contributed by atoms with E-state index >= 15 is 0 Å². The Morgan fingerprint density at radius 1 is 1.23 bits per heavy atom. The minimum atomic E-state index is -0.872. The van der Waals surface area contributed by atoms with E-state index in [4.69, 9.17) is 9.15 Å². The molecule has 26 heavy (non-hydrogen) atoms. The quantitative estimate of drug-likeness (QED) is 0.511. The fraction of sp³-hybridized carbons (Fsp3) is 0.300. The monoisotopic (exact) mass is 419 g/mol. The molecule has 0 fully saturated rings. The van der Waals surface area contributed by atoms with E-state index in [9.17, 15) is 9.59 Å². The van der Waals surface area contributed by atoms with Crippen LogP contribution in [0.1, 0.15) is 37.5 Å². The van der Waals surface area contributed by atoms with E-state index in [-0.39, 0.29) is 11.8 Å². The number of hydrogen-bond acceptors (Lipinski definition) is 4. The topological polar surface area (TPSA) is 68.5 Å². The van der Waals surface area contributed by atoms with Gasteiger partial charge in [-0.25, -0.2) is 4.79 Å². The molecule has 138 valence electrons. The van der Waals surface area contributed by atoms with Crippen molar-refractivity contribution in [1.29, 1.82) is 0 Å². The molecular formula is C20H22BrNO4. The zero-order valence-corrected chi connectivity index (χ0v) is 16.4. The third-order valence-corrected chi connectivity index (χ3v) is 4.35. The summed E-state index contributed by atoms with van der Waals surface area (Å²) in [5, 5.41) is 2.85. The molecule has 1 heterocycles. The fourth-order valence-corrected chi connectivity index (χ4v) is 2.74. The van der Waals surface area contributed by atoms with Crippen LogP contribution in [0.4, 0.5) is 0 Å². The molecule has 0 saturated carbocycles. The molecule has 0 saturated heterocycles. The van der Waals surface area contributed by atoms with E-state index in [1.807, 2.05) is 30.3 Å². The number of benzene rings is 1. The number of rotatable bonds is 8. The maximum absolute atomic E-state index is 12.2. The summed E-state index contributed by atoms with van der Waals surface area (Å²) in [6, 6.07) is 13.4. The number of nitrogens with one attached hydrogen (secondary N) is 1. The van der Waals surface area contributed by atoms with Crippen LogP contribution < -0.4 is 5.32 Å². The van der Waals surface area contributed by atoms with Crippen LogP contribution in [0.5, 0.6) is 0 Å². The Bertz CT molecular complexity index is 754. The van der Waals surface area contributed by atoms with Crippen LogP contribution in [-0.2, 0) is 14.3 Å². The van der Waals surface area contributed by atoms with Gasteiger partial charge in [0.1, 0.15) is 5.76 Å². The van der Waals surface area contributed by atoms with Crippen LogP contribution in [0.3, 0.4) is 0 Å². The molecule has 1 aromatic heterocycles. The molecule has 0 unspecified atom stereocenters. The number of carbonyl (C=O) groups excluding carboxylic acids is 2. The van der Waals surface area contributed by atoms with E-state index in [1.54, 1.807) is 19.1 Å². The zero-order chi connectivity index (χ0) is 18.9. The molecule has 0 bridgehead atoms. The molecule has 2 aromatic rings. The lowest BCUT2D eigenvalue weighted by Crippen LogP contribution is -2.37. The van der Waals surface area contributed by atoms with Crippen molar-refractivity contribution in [2.75, 3.05) is 6.54 Å². The van der Waals surface area contributed by atoms with Crippen LogP contribution >= 0.6 is 15.9 Å². The van der Waals surface area contributed by atoms with Gasteiger partial charge in [-0.05, 0) is 53.0 Å². The first-order valence-corrected chi connectivity index (χ1v) is 9.25. The first kappa shape index (κ1) is 20.0. The second kappa shape index (κ2) is 9.97. The van der Waals surface area contributed by atoms with Crippen molar-refractivity contribution in [3.8, 4) is 0 Å². The largest absolute Gasteiger partial charge is 0.450 e. The maximum Gasteiger partial charge on any atom is 0.331 e. The second-order valence-electron chi connectivity index (χ2n) is 5.82. The molecule has 2 rings (SSSR count). The Morgan fingerprint density at radius 3 is 2.58 bits per heavy atom. The summed E-state index contributed by atoms with van der Waals surface area (Å²) in [5.74, 6) is -0.183. The summed E-state index contributed by atoms with van der Waals surface area (Å²) in [6.45, 7) is 4.12. The minimum absolute atomic E-state index is 0.223. The maximum atomic E-state index is 12.2. The molecule has 1 amide bonds. The summed E-state index contributed by atoms with van der Waals surface area (Å²) in [7, 11) is 0. The van der Waals surface area contributed by atoms with Gasteiger partial charge in [-0.2, -0.15) is 0 Å². The van der Waals surface area contributed by atoms with Crippen molar-refractivity contribution in [2.45, 2.75) is 32.3 Å². The highest BCUT2D eigenvalue weighted by molar-refractivity contribution is 9.10. The molecule has 2 atom stereocenters. The summed E-state index contributed by atoms with van der Waals surface area (Å²) < 4.78 is 10.9. The van der Waals surface area contributed by atoms with Gasteiger partial charge >= 0.3 is 5.97 Å². The lowest BCUT2D eigenvalue weighted by atomic mass is 9.96. The number of halogens is 1. The third-order valence-electron chi connectivity index (χ3n) is 3.93. The van der Waals surface area contributed by atoms with E-state index in [0.29, 0.717) is 17.0 Å². The minimum Gasteiger partial charge on any atom is -0.450 e. The number of carbonyl (C=O) groups is 2. The van der Waals surface area contributed by atoms with Crippen LogP contribution in [0.25, 0.3) is 6.08 Å². The molecule has 0 spiro atoms. The molecule has 0 aliphatic rings. The number of furan rings is 1. The van der Waals surface area contributed by atoms with Gasteiger partial charge in [0.05, 0.1) is 0 Å².